The second-order valence-corrected chi connectivity index (χ2v) is 6.24. The van der Waals surface area contributed by atoms with E-state index in [4.69, 9.17) is 4.74 Å². The predicted molar refractivity (Wildman–Crippen MR) is 102 cm³/mol. The smallest absolute Gasteiger partial charge is 0.293 e. The monoisotopic (exact) mass is 363 g/mol. The first-order chi connectivity index (χ1) is 13.0. The molecule has 0 saturated heterocycles. The van der Waals surface area contributed by atoms with Crippen molar-refractivity contribution in [2.75, 3.05) is 7.11 Å². The van der Waals surface area contributed by atoms with Gasteiger partial charge in [0, 0.05) is 30.6 Å². The topological polar surface area (TPSA) is 73.2 Å². The number of nitrogens with zero attached hydrogens (tertiary/aromatic N) is 2. The van der Waals surface area contributed by atoms with E-state index in [1.807, 2.05) is 32.2 Å². The number of nitrogens with one attached hydrogen (secondary N) is 1. The Kier molecular flexibility index (Phi) is 5.35. The SMILES string of the molecule is COc1ccccc1C(NC(=O)C(=O)c1ccc(C)cc1)c1nccn1C. The molecule has 1 aromatic heterocycles. The van der Waals surface area contributed by atoms with Gasteiger partial charge in [0.15, 0.2) is 0 Å². The van der Waals surface area contributed by atoms with Crippen molar-refractivity contribution >= 4 is 11.7 Å². The fourth-order valence-electron chi connectivity index (χ4n) is 2.87. The Labute approximate surface area is 157 Å². The number of aromatic nitrogens is 2. The van der Waals surface area contributed by atoms with Crippen molar-refractivity contribution < 1.29 is 14.3 Å². The summed E-state index contributed by atoms with van der Waals surface area (Å²) in [6.07, 6.45) is 3.43. The number of ketones is 1. The molecule has 0 spiro atoms. The van der Waals surface area contributed by atoms with Crippen LogP contribution in [0.2, 0.25) is 0 Å². The molecule has 27 heavy (non-hydrogen) atoms. The summed E-state index contributed by atoms with van der Waals surface area (Å²) in [7, 11) is 3.40. The molecule has 1 atom stereocenters. The molecule has 0 aliphatic rings. The zero-order valence-corrected chi connectivity index (χ0v) is 15.5. The van der Waals surface area contributed by atoms with Gasteiger partial charge in [0.1, 0.15) is 17.6 Å². The van der Waals surface area contributed by atoms with Crippen LogP contribution in [0.25, 0.3) is 0 Å². The molecule has 0 aliphatic heterocycles. The number of Topliss-reactive ketones (excluding diaryl/α,β-unsaturated/α-hetero) is 1. The van der Waals surface area contributed by atoms with Crippen LogP contribution in [-0.4, -0.2) is 28.4 Å². The van der Waals surface area contributed by atoms with E-state index in [0.29, 0.717) is 17.1 Å². The van der Waals surface area contributed by atoms with Gasteiger partial charge in [-0.05, 0) is 13.0 Å². The maximum absolute atomic E-state index is 12.7. The molecular weight excluding hydrogens is 342 g/mol. The van der Waals surface area contributed by atoms with Gasteiger partial charge in [-0.1, -0.05) is 48.0 Å². The van der Waals surface area contributed by atoms with E-state index in [0.717, 1.165) is 11.1 Å². The quantitative estimate of drug-likeness (QED) is 0.540. The van der Waals surface area contributed by atoms with Gasteiger partial charge in [-0.3, -0.25) is 9.59 Å². The van der Waals surface area contributed by atoms with Crippen LogP contribution in [0.3, 0.4) is 0 Å². The maximum atomic E-state index is 12.7. The predicted octanol–water partition coefficient (Wildman–Crippen LogP) is 2.83. The van der Waals surface area contributed by atoms with Gasteiger partial charge < -0.3 is 14.6 Å². The third-order valence-electron chi connectivity index (χ3n) is 4.36. The number of hydrogen-bond acceptors (Lipinski definition) is 4. The lowest BCUT2D eigenvalue weighted by Crippen LogP contribution is -2.36. The van der Waals surface area contributed by atoms with Crippen molar-refractivity contribution in [1.29, 1.82) is 0 Å². The first-order valence-corrected chi connectivity index (χ1v) is 8.53. The van der Waals surface area contributed by atoms with E-state index >= 15 is 0 Å². The van der Waals surface area contributed by atoms with Crippen molar-refractivity contribution in [2.45, 2.75) is 13.0 Å². The average Bonchev–Trinajstić information content (AvgIpc) is 3.11. The van der Waals surface area contributed by atoms with Crippen molar-refractivity contribution in [2.24, 2.45) is 7.05 Å². The summed E-state index contributed by atoms with van der Waals surface area (Å²) >= 11 is 0. The Hall–Kier alpha value is -3.41. The van der Waals surface area contributed by atoms with Crippen LogP contribution in [0.1, 0.15) is 33.4 Å². The summed E-state index contributed by atoms with van der Waals surface area (Å²) < 4.78 is 7.23. The Bertz CT molecular complexity index is 961. The molecule has 3 rings (SSSR count). The fourth-order valence-corrected chi connectivity index (χ4v) is 2.87. The first kappa shape index (κ1) is 18.4. The van der Waals surface area contributed by atoms with E-state index in [2.05, 4.69) is 10.3 Å². The normalized spacial score (nSPS) is 11.7. The number of ether oxygens (including phenoxy) is 1. The molecule has 1 N–H and O–H groups in total. The minimum absolute atomic E-state index is 0.344. The average molecular weight is 363 g/mol. The minimum atomic E-state index is -0.697. The number of carbonyl (C=O) groups is 2. The molecule has 6 heteroatoms. The van der Waals surface area contributed by atoms with Crippen LogP contribution in [-0.2, 0) is 11.8 Å². The van der Waals surface area contributed by atoms with Crippen LogP contribution in [0, 0.1) is 6.92 Å². The number of methoxy groups -OCH3 is 1. The molecule has 0 radical (unpaired) electrons. The van der Waals surface area contributed by atoms with Crippen LogP contribution < -0.4 is 10.1 Å². The van der Waals surface area contributed by atoms with Crippen molar-refractivity contribution in [3.63, 3.8) is 0 Å². The molecule has 0 saturated carbocycles. The van der Waals surface area contributed by atoms with Gasteiger partial charge in [0.25, 0.3) is 5.91 Å². The number of hydrogen-bond donors (Lipinski definition) is 1. The molecule has 1 heterocycles. The van der Waals surface area contributed by atoms with Gasteiger partial charge in [0.05, 0.1) is 7.11 Å². The first-order valence-electron chi connectivity index (χ1n) is 8.53. The van der Waals surface area contributed by atoms with E-state index in [9.17, 15) is 9.59 Å². The summed E-state index contributed by atoms with van der Waals surface area (Å²) in [5, 5.41) is 2.81. The molecular formula is C21H21N3O3. The number of carbonyl (C=O) groups excluding carboxylic acids is 2. The number of imidazole rings is 1. The highest BCUT2D eigenvalue weighted by molar-refractivity contribution is 6.42. The van der Waals surface area contributed by atoms with Gasteiger partial charge in [-0.25, -0.2) is 4.98 Å². The standard InChI is InChI=1S/C21H21N3O3/c1-14-8-10-15(11-9-14)19(25)21(26)23-18(20-22-12-13-24(20)2)16-6-4-5-7-17(16)27-3/h4-13,18H,1-3H3,(H,23,26). The van der Waals surface area contributed by atoms with E-state index in [-0.39, 0.29) is 0 Å². The highest BCUT2D eigenvalue weighted by Crippen LogP contribution is 2.29. The number of amides is 1. The molecule has 6 nitrogen and oxygen atoms in total. The lowest BCUT2D eigenvalue weighted by atomic mass is 10.0. The fraction of sp³-hybridized carbons (Fsp3) is 0.190. The van der Waals surface area contributed by atoms with Crippen LogP contribution >= 0.6 is 0 Å². The Morgan fingerprint density at radius 3 is 2.44 bits per heavy atom. The van der Waals surface area contributed by atoms with Gasteiger partial charge >= 0.3 is 0 Å². The molecule has 138 valence electrons. The lowest BCUT2D eigenvalue weighted by Gasteiger charge is -2.21. The van der Waals surface area contributed by atoms with E-state index in [1.54, 1.807) is 54.4 Å². The summed E-state index contributed by atoms with van der Waals surface area (Å²) in [6.45, 7) is 1.92. The van der Waals surface area contributed by atoms with Crippen molar-refractivity contribution in [3.05, 3.63) is 83.4 Å². The molecule has 0 fully saturated rings. The zero-order valence-electron chi connectivity index (χ0n) is 15.5. The molecule has 2 aromatic carbocycles. The number of aryl methyl sites for hydroxylation is 2. The highest BCUT2D eigenvalue weighted by atomic mass is 16.5. The molecule has 1 unspecified atom stereocenters. The molecule has 0 bridgehead atoms. The summed E-state index contributed by atoms with van der Waals surface area (Å²) in [5.74, 6) is -0.0833. The number of para-hydroxylation sites is 1. The highest BCUT2D eigenvalue weighted by Gasteiger charge is 2.27. The molecule has 1 amide bonds. The minimum Gasteiger partial charge on any atom is -0.496 e. The second-order valence-electron chi connectivity index (χ2n) is 6.24. The lowest BCUT2D eigenvalue weighted by molar-refractivity contribution is -0.117. The zero-order chi connectivity index (χ0) is 19.4. The van der Waals surface area contributed by atoms with Gasteiger partial charge in [0.2, 0.25) is 5.78 Å². The summed E-state index contributed by atoms with van der Waals surface area (Å²) in [6, 6.07) is 13.6. The van der Waals surface area contributed by atoms with Crippen molar-refractivity contribution in [1.82, 2.24) is 14.9 Å². The van der Waals surface area contributed by atoms with Gasteiger partial charge in [-0.15, -0.1) is 0 Å². The maximum Gasteiger partial charge on any atom is 0.293 e. The van der Waals surface area contributed by atoms with Crippen molar-refractivity contribution in [3.8, 4) is 5.75 Å². The summed E-state index contributed by atoms with van der Waals surface area (Å²) in [4.78, 5) is 29.6. The number of rotatable bonds is 6. The van der Waals surface area contributed by atoms with Crippen LogP contribution in [0.5, 0.6) is 5.75 Å². The van der Waals surface area contributed by atoms with Crippen LogP contribution in [0.15, 0.2) is 60.9 Å². The molecule has 3 aromatic rings. The van der Waals surface area contributed by atoms with E-state index < -0.39 is 17.7 Å². The van der Waals surface area contributed by atoms with Gasteiger partial charge in [-0.2, -0.15) is 0 Å². The Balaban J connectivity index is 1.94. The molecule has 0 aliphatic carbocycles. The largest absolute Gasteiger partial charge is 0.496 e. The summed E-state index contributed by atoms with van der Waals surface area (Å²) in [5.41, 5.74) is 2.09. The third-order valence-corrected chi connectivity index (χ3v) is 4.36. The van der Waals surface area contributed by atoms with E-state index in [1.165, 1.54) is 0 Å². The second kappa shape index (κ2) is 7.86. The number of benzene rings is 2. The Morgan fingerprint density at radius 2 is 1.81 bits per heavy atom. The third kappa shape index (κ3) is 3.89. The van der Waals surface area contributed by atoms with Crippen LogP contribution in [0.4, 0.5) is 0 Å². The Morgan fingerprint density at radius 1 is 1.11 bits per heavy atom.